The van der Waals surface area contributed by atoms with E-state index in [0.29, 0.717) is 6.54 Å². The summed E-state index contributed by atoms with van der Waals surface area (Å²) in [5.41, 5.74) is -0.191. The SMILES string of the molecule is Cn1ncnc1CNCC(=O)NC(C)(C)C. The van der Waals surface area contributed by atoms with Crippen LogP contribution in [0, 0.1) is 0 Å². The first kappa shape index (κ1) is 12.6. The number of carbonyl (C=O) groups excluding carboxylic acids is 1. The normalized spacial score (nSPS) is 11.5. The Morgan fingerprint density at radius 3 is 2.69 bits per heavy atom. The fourth-order valence-electron chi connectivity index (χ4n) is 1.23. The molecule has 0 saturated carbocycles. The summed E-state index contributed by atoms with van der Waals surface area (Å²) < 4.78 is 1.68. The molecule has 0 fully saturated rings. The number of hydrogen-bond acceptors (Lipinski definition) is 4. The highest BCUT2D eigenvalue weighted by molar-refractivity contribution is 5.78. The fraction of sp³-hybridized carbons (Fsp3) is 0.700. The molecule has 0 aliphatic heterocycles. The molecule has 16 heavy (non-hydrogen) atoms. The zero-order valence-corrected chi connectivity index (χ0v) is 10.2. The van der Waals surface area contributed by atoms with Gasteiger partial charge in [0.15, 0.2) is 0 Å². The minimum absolute atomic E-state index is 0.0188. The van der Waals surface area contributed by atoms with Gasteiger partial charge in [-0.05, 0) is 20.8 Å². The van der Waals surface area contributed by atoms with E-state index in [2.05, 4.69) is 20.7 Å². The van der Waals surface area contributed by atoms with E-state index in [-0.39, 0.29) is 18.0 Å². The van der Waals surface area contributed by atoms with Gasteiger partial charge in [-0.3, -0.25) is 9.48 Å². The van der Waals surface area contributed by atoms with Gasteiger partial charge in [0.25, 0.3) is 0 Å². The van der Waals surface area contributed by atoms with E-state index in [0.717, 1.165) is 5.82 Å². The molecule has 1 rings (SSSR count). The third kappa shape index (κ3) is 4.39. The molecule has 1 aromatic rings. The van der Waals surface area contributed by atoms with E-state index in [1.165, 1.54) is 6.33 Å². The molecule has 0 spiro atoms. The molecule has 0 radical (unpaired) electrons. The maximum absolute atomic E-state index is 11.5. The molecule has 0 aliphatic rings. The molecule has 0 unspecified atom stereocenters. The van der Waals surface area contributed by atoms with Crippen LogP contribution in [-0.4, -0.2) is 32.8 Å². The summed E-state index contributed by atoms with van der Waals surface area (Å²) in [6.45, 7) is 6.67. The van der Waals surface area contributed by atoms with Crippen molar-refractivity contribution in [2.75, 3.05) is 6.54 Å². The van der Waals surface area contributed by atoms with Crippen LogP contribution in [0.25, 0.3) is 0 Å². The molecule has 6 nitrogen and oxygen atoms in total. The van der Waals surface area contributed by atoms with Crippen LogP contribution >= 0.6 is 0 Å². The highest BCUT2D eigenvalue weighted by atomic mass is 16.2. The van der Waals surface area contributed by atoms with Gasteiger partial charge in [-0.1, -0.05) is 0 Å². The van der Waals surface area contributed by atoms with Crippen molar-refractivity contribution in [2.45, 2.75) is 32.9 Å². The lowest BCUT2D eigenvalue weighted by Crippen LogP contribution is -2.44. The Kier molecular flexibility index (Phi) is 4.00. The second kappa shape index (κ2) is 5.07. The number of aromatic nitrogens is 3. The first-order valence-corrected chi connectivity index (χ1v) is 5.23. The van der Waals surface area contributed by atoms with Gasteiger partial charge in [-0.25, -0.2) is 4.98 Å². The molecule has 0 saturated heterocycles. The van der Waals surface area contributed by atoms with Crippen molar-refractivity contribution in [2.24, 2.45) is 7.05 Å². The minimum Gasteiger partial charge on any atom is -0.350 e. The smallest absolute Gasteiger partial charge is 0.234 e. The third-order valence-corrected chi connectivity index (χ3v) is 1.89. The summed E-state index contributed by atoms with van der Waals surface area (Å²) in [5.74, 6) is 0.790. The molecular weight excluding hydrogens is 206 g/mol. The summed E-state index contributed by atoms with van der Waals surface area (Å²) in [4.78, 5) is 15.5. The van der Waals surface area contributed by atoms with E-state index in [1.54, 1.807) is 4.68 Å². The van der Waals surface area contributed by atoms with Crippen LogP contribution in [-0.2, 0) is 18.4 Å². The molecular formula is C10H19N5O. The van der Waals surface area contributed by atoms with Crippen LogP contribution in [0.5, 0.6) is 0 Å². The number of carbonyl (C=O) groups is 1. The first-order valence-electron chi connectivity index (χ1n) is 5.23. The molecule has 90 valence electrons. The molecule has 0 aromatic carbocycles. The van der Waals surface area contributed by atoms with Crippen LogP contribution in [0.3, 0.4) is 0 Å². The molecule has 0 bridgehead atoms. The summed E-state index contributed by atoms with van der Waals surface area (Å²) in [7, 11) is 1.82. The van der Waals surface area contributed by atoms with Crippen LogP contribution in [0.1, 0.15) is 26.6 Å². The lowest BCUT2D eigenvalue weighted by molar-refractivity contribution is -0.121. The number of nitrogens with one attached hydrogen (secondary N) is 2. The predicted octanol–water partition coefficient (Wildman–Crippen LogP) is -0.181. The van der Waals surface area contributed by atoms with Crippen LogP contribution in [0.2, 0.25) is 0 Å². The molecule has 6 heteroatoms. The second-order valence-corrected chi connectivity index (χ2v) is 4.70. The van der Waals surface area contributed by atoms with Crippen LogP contribution in [0.15, 0.2) is 6.33 Å². The maximum Gasteiger partial charge on any atom is 0.234 e. The Hall–Kier alpha value is -1.43. The van der Waals surface area contributed by atoms with Crippen molar-refractivity contribution in [3.05, 3.63) is 12.2 Å². The molecule has 1 heterocycles. The van der Waals surface area contributed by atoms with E-state index in [1.807, 2.05) is 27.8 Å². The van der Waals surface area contributed by atoms with Gasteiger partial charge in [0.2, 0.25) is 5.91 Å². The topological polar surface area (TPSA) is 71.8 Å². The van der Waals surface area contributed by atoms with E-state index in [4.69, 9.17) is 0 Å². The van der Waals surface area contributed by atoms with Crippen LogP contribution < -0.4 is 10.6 Å². The number of amides is 1. The number of hydrogen-bond donors (Lipinski definition) is 2. The summed E-state index contributed by atoms with van der Waals surface area (Å²) >= 11 is 0. The number of nitrogens with zero attached hydrogens (tertiary/aromatic N) is 3. The van der Waals surface area contributed by atoms with E-state index >= 15 is 0 Å². The predicted molar refractivity (Wildman–Crippen MR) is 60.6 cm³/mol. The largest absolute Gasteiger partial charge is 0.350 e. The lowest BCUT2D eigenvalue weighted by atomic mass is 10.1. The fourth-order valence-corrected chi connectivity index (χ4v) is 1.23. The van der Waals surface area contributed by atoms with Crippen LogP contribution in [0.4, 0.5) is 0 Å². The first-order chi connectivity index (χ1) is 7.38. The van der Waals surface area contributed by atoms with Crippen molar-refractivity contribution in [1.29, 1.82) is 0 Å². The molecule has 0 aliphatic carbocycles. The average Bonchev–Trinajstić information content (AvgIpc) is 2.48. The van der Waals surface area contributed by atoms with Gasteiger partial charge >= 0.3 is 0 Å². The van der Waals surface area contributed by atoms with Gasteiger partial charge in [0, 0.05) is 12.6 Å². The summed E-state index contributed by atoms with van der Waals surface area (Å²) in [5, 5.41) is 9.82. The lowest BCUT2D eigenvalue weighted by Gasteiger charge is -2.20. The van der Waals surface area contributed by atoms with Crippen molar-refractivity contribution in [3.8, 4) is 0 Å². The molecule has 0 atom stereocenters. The minimum atomic E-state index is -0.191. The molecule has 1 aromatic heterocycles. The number of aryl methyl sites for hydroxylation is 1. The van der Waals surface area contributed by atoms with Crippen molar-refractivity contribution in [1.82, 2.24) is 25.4 Å². The van der Waals surface area contributed by atoms with Gasteiger partial charge < -0.3 is 10.6 Å². The zero-order chi connectivity index (χ0) is 12.2. The van der Waals surface area contributed by atoms with Gasteiger partial charge in [-0.2, -0.15) is 5.10 Å². The Morgan fingerprint density at radius 1 is 1.50 bits per heavy atom. The van der Waals surface area contributed by atoms with Crippen molar-refractivity contribution in [3.63, 3.8) is 0 Å². The molecule has 2 N–H and O–H groups in total. The Labute approximate surface area is 95.4 Å². The van der Waals surface area contributed by atoms with Gasteiger partial charge in [0.1, 0.15) is 12.2 Å². The Morgan fingerprint density at radius 2 is 2.19 bits per heavy atom. The van der Waals surface area contributed by atoms with E-state index in [9.17, 15) is 4.79 Å². The Balaban J connectivity index is 2.26. The standard InChI is InChI=1S/C10H19N5O/c1-10(2,3)14-9(16)6-11-5-8-12-7-13-15(8)4/h7,11H,5-6H2,1-4H3,(H,14,16). The average molecular weight is 225 g/mol. The van der Waals surface area contributed by atoms with Crippen molar-refractivity contribution < 1.29 is 4.79 Å². The number of rotatable bonds is 4. The quantitative estimate of drug-likeness (QED) is 0.745. The zero-order valence-electron chi connectivity index (χ0n) is 10.2. The van der Waals surface area contributed by atoms with Gasteiger partial charge in [0.05, 0.1) is 13.1 Å². The van der Waals surface area contributed by atoms with E-state index < -0.39 is 0 Å². The van der Waals surface area contributed by atoms with Crippen molar-refractivity contribution >= 4 is 5.91 Å². The third-order valence-electron chi connectivity index (χ3n) is 1.89. The second-order valence-electron chi connectivity index (χ2n) is 4.70. The Bertz CT molecular complexity index is 352. The highest BCUT2D eigenvalue weighted by Crippen LogP contribution is 1.97. The summed E-state index contributed by atoms with van der Waals surface area (Å²) in [6.07, 6.45) is 1.49. The van der Waals surface area contributed by atoms with Gasteiger partial charge in [-0.15, -0.1) is 0 Å². The maximum atomic E-state index is 11.5. The summed E-state index contributed by atoms with van der Waals surface area (Å²) in [6, 6.07) is 0. The highest BCUT2D eigenvalue weighted by Gasteiger charge is 2.13. The molecule has 1 amide bonds. The monoisotopic (exact) mass is 225 g/mol.